The van der Waals surface area contributed by atoms with E-state index in [0.29, 0.717) is 12.1 Å². The number of alkyl halides is 6. The first-order valence-electron chi connectivity index (χ1n) is 5.11. The largest absolute Gasteiger partial charge is 0.508 e. The van der Waals surface area contributed by atoms with Crippen LogP contribution in [0.5, 0.6) is 5.75 Å². The molecule has 0 aliphatic carbocycles. The van der Waals surface area contributed by atoms with Gasteiger partial charge in [-0.1, -0.05) is 6.08 Å². The molecule has 0 heterocycles. The summed E-state index contributed by atoms with van der Waals surface area (Å²) in [6.07, 6.45) is -3.31. The Kier molecular flexibility index (Phi) is 4.17. The van der Waals surface area contributed by atoms with Crippen LogP contribution in [0.4, 0.5) is 26.3 Å². The van der Waals surface area contributed by atoms with E-state index in [4.69, 9.17) is 0 Å². The maximum absolute atomic E-state index is 13.4. The number of phenolic OH excluding ortho intramolecular Hbond substituents is 1. The number of hydrogen-bond acceptors (Lipinski definition) is 1. The van der Waals surface area contributed by atoms with Gasteiger partial charge in [-0.15, -0.1) is 6.58 Å². The van der Waals surface area contributed by atoms with Crippen molar-refractivity contribution in [3.8, 4) is 5.75 Å². The zero-order valence-corrected chi connectivity index (χ0v) is 9.52. The van der Waals surface area contributed by atoms with Crippen molar-refractivity contribution in [2.75, 3.05) is 0 Å². The third kappa shape index (κ3) is 2.69. The van der Waals surface area contributed by atoms with E-state index >= 15 is 0 Å². The molecular formula is C12H10F6O. The molecule has 1 aromatic rings. The lowest BCUT2D eigenvalue weighted by Crippen LogP contribution is -2.44. The van der Waals surface area contributed by atoms with Gasteiger partial charge in [-0.25, -0.2) is 8.78 Å². The van der Waals surface area contributed by atoms with Gasteiger partial charge in [0.25, 0.3) is 0 Å². The molecule has 7 heteroatoms. The topological polar surface area (TPSA) is 20.2 Å². The molecular weight excluding hydrogens is 274 g/mol. The summed E-state index contributed by atoms with van der Waals surface area (Å²) in [6.45, 7) is 3.30. The van der Waals surface area contributed by atoms with Gasteiger partial charge >= 0.3 is 18.3 Å². The predicted molar refractivity (Wildman–Crippen MR) is 56.9 cm³/mol. The molecule has 0 aliphatic rings. The fourth-order valence-corrected chi connectivity index (χ4v) is 1.43. The average molecular weight is 284 g/mol. The standard InChI is InChI=1S/C12H10F6O/c1-2-3-7-6-8(4-5-9(7)19)11(15,16)12(17,18)10(13)14/h2,4-6,10,19H,1,3H2. The molecule has 0 fully saturated rings. The molecule has 0 saturated heterocycles. The van der Waals surface area contributed by atoms with E-state index in [2.05, 4.69) is 6.58 Å². The number of rotatable bonds is 5. The zero-order valence-electron chi connectivity index (χ0n) is 9.52. The van der Waals surface area contributed by atoms with Gasteiger partial charge in [0.1, 0.15) is 5.75 Å². The summed E-state index contributed by atoms with van der Waals surface area (Å²) in [5.74, 6) is -10.9. The Morgan fingerprint density at radius 3 is 2.26 bits per heavy atom. The van der Waals surface area contributed by atoms with Crippen molar-refractivity contribution in [3.63, 3.8) is 0 Å². The number of hydrogen-bond donors (Lipinski definition) is 1. The van der Waals surface area contributed by atoms with Crippen LogP contribution in [0.3, 0.4) is 0 Å². The normalized spacial score (nSPS) is 12.8. The van der Waals surface area contributed by atoms with Gasteiger partial charge in [-0.2, -0.15) is 17.6 Å². The lowest BCUT2D eigenvalue weighted by Gasteiger charge is -2.26. The summed E-state index contributed by atoms with van der Waals surface area (Å²) in [6, 6.07) is 1.80. The monoisotopic (exact) mass is 284 g/mol. The summed E-state index contributed by atoms with van der Waals surface area (Å²) in [4.78, 5) is 0. The lowest BCUT2D eigenvalue weighted by molar-refractivity contribution is -0.270. The van der Waals surface area contributed by atoms with E-state index in [0.717, 1.165) is 6.07 Å². The molecule has 1 rings (SSSR count). The van der Waals surface area contributed by atoms with Gasteiger partial charge in [0, 0.05) is 5.56 Å². The highest BCUT2D eigenvalue weighted by Crippen LogP contribution is 2.47. The van der Waals surface area contributed by atoms with E-state index in [9.17, 15) is 31.4 Å². The third-order valence-electron chi connectivity index (χ3n) is 2.50. The second kappa shape index (κ2) is 5.14. The van der Waals surface area contributed by atoms with Crippen LogP contribution < -0.4 is 0 Å². The van der Waals surface area contributed by atoms with Gasteiger partial charge in [0.2, 0.25) is 0 Å². The first-order chi connectivity index (χ1) is 8.64. The second-order valence-corrected chi connectivity index (χ2v) is 3.83. The molecule has 0 radical (unpaired) electrons. The molecule has 1 N–H and O–H groups in total. The molecule has 19 heavy (non-hydrogen) atoms. The first kappa shape index (κ1) is 15.4. The molecule has 1 nitrogen and oxygen atoms in total. The fraction of sp³-hybridized carbons (Fsp3) is 0.333. The Morgan fingerprint density at radius 1 is 1.21 bits per heavy atom. The molecule has 0 atom stereocenters. The molecule has 1 aromatic carbocycles. The van der Waals surface area contributed by atoms with Gasteiger partial charge < -0.3 is 5.11 Å². The number of aromatic hydroxyl groups is 1. The second-order valence-electron chi connectivity index (χ2n) is 3.83. The van der Waals surface area contributed by atoms with E-state index in [-0.39, 0.29) is 12.0 Å². The molecule has 0 unspecified atom stereocenters. The van der Waals surface area contributed by atoms with Crippen LogP contribution in [0.1, 0.15) is 11.1 Å². The van der Waals surface area contributed by atoms with E-state index < -0.39 is 29.6 Å². The van der Waals surface area contributed by atoms with Crippen molar-refractivity contribution in [1.29, 1.82) is 0 Å². The number of phenols is 1. The molecule has 0 spiro atoms. The Bertz CT molecular complexity index is 469. The van der Waals surface area contributed by atoms with Crippen molar-refractivity contribution in [2.24, 2.45) is 0 Å². The van der Waals surface area contributed by atoms with Gasteiger partial charge in [0.15, 0.2) is 0 Å². The number of allylic oxidation sites excluding steroid dienone is 1. The average Bonchev–Trinajstić information content (AvgIpc) is 2.31. The molecule has 0 amide bonds. The molecule has 0 aliphatic heterocycles. The minimum Gasteiger partial charge on any atom is -0.508 e. The SMILES string of the molecule is C=CCc1cc(C(F)(F)C(F)(F)C(F)F)ccc1O. The lowest BCUT2D eigenvalue weighted by atomic mass is 9.98. The Hall–Kier alpha value is -1.66. The number of benzene rings is 1. The maximum Gasteiger partial charge on any atom is 0.373 e. The summed E-state index contributed by atoms with van der Waals surface area (Å²) in [7, 11) is 0. The van der Waals surface area contributed by atoms with E-state index in [1.807, 2.05) is 0 Å². The highest BCUT2D eigenvalue weighted by Gasteiger charge is 2.63. The minimum absolute atomic E-state index is 0.0595. The van der Waals surface area contributed by atoms with Crippen molar-refractivity contribution >= 4 is 0 Å². The van der Waals surface area contributed by atoms with E-state index in [1.165, 1.54) is 6.08 Å². The quantitative estimate of drug-likeness (QED) is 0.637. The minimum atomic E-state index is -5.49. The molecule has 106 valence electrons. The van der Waals surface area contributed by atoms with Gasteiger partial charge in [-0.3, -0.25) is 0 Å². The van der Waals surface area contributed by atoms with Crippen molar-refractivity contribution < 1.29 is 31.4 Å². The van der Waals surface area contributed by atoms with Crippen LogP contribution in [-0.2, 0) is 12.3 Å². The highest BCUT2D eigenvalue weighted by molar-refractivity contribution is 5.39. The van der Waals surface area contributed by atoms with Crippen LogP contribution in [0.25, 0.3) is 0 Å². The summed E-state index contributed by atoms with van der Waals surface area (Å²) < 4.78 is 76.5. The Labute approximate surface area is 105 Å². The highest BCUT2D eigenvalue weighted by atomic mass is 19.3. The van der Waals surface area contributed by atoms with Crippen molar-refractivity contribution in [1.82, 2.24) is 0 Å². The van der Waals surface area contributed by atoms with Crippen LogP contribution in [0, 0.1) is 0 Å². The fourth-order valence-electron chi connectivity index (χ4n) is 1.43. The van der Waals surface area contributed by atoms with Crippen LogP contribution in [0.2, 0.25) is 0 Å². The van der Waals surface area contributed by atoms with Crippen LogP contribution in [-0.4, -0.2) is 17.5 Å². The molecule has 0 bridgehead atoms. The van der Waals surface area contributed by atoms with Gasteiger partial charge in [-0.05, 0) is 30.2 Å². The number of halogens is 6. The Morgan fingerprint density at radius 2 is 1.79 bits per heavy atom. The molecule has 0 aromatic heterocycles. The van der Waals surface area contributed by atoms with Crippen LogP contribution in [0.15, 0.2) is 30.9 Å². The first-order valence-corrected chi connectivity index (χ1v) is 5.11. The van der Waals surface area contributed by atoms with Crippen molar-refractivity contribution in [2.45, 2.75) is 24.7 Å². The third-order valence-corrected chi connectivity index (χ3v) is 2.50. The summed E-state index contributed by atoms with van der Waals surface area (Å²) in [5, 5.41) is 9.32. The summed E-state index contributed by atoms with van der Waals surface area (Å²) in [5.41, 5.74) is -1.38. The Balaban J connectivity index is 3.29. The molecule has 0 saturated carbocycles. The van der Waals surface area contributed by atoms with Crippen LogP contribution >= 0.6 is 0 Å². The maximum atomic E-state index is 13.4. The zero-order chi connectivity index (χ0) is 14.8. The van der Waals surface area contributed by atoms with Crippen molar-refractivity contribution in [3.05, 3.63) is 42.0 Å². The predicted octanol–water partition coefficient (Wildman–Crippen LogP) is 4.11. The summed E-state index contributed by atoms with van der Waals surface area (Å²) >= 11 is 0. The van der Waals surface area contributed by atoms with E-state index in [1.54, 1.807) is 0 Å². The van der Waals surface area contributed by atoms with Gasteiger partial charge in [0.05, 0.1) is 0 Å². The smallest absolute Gasteiger partial charge is 0.373 e.